The molecule has 2 aliphatic heterocycles. The quantitative estimate of drug-likeness (QED) is 0.326. The van der Waals surface area contributed by atoms with E-state index < -0.39 is 5.97 Å². The molecule has 1 unspecified atom stereocenters. The Labute approximate surface area is 167 Å². The number of aliphatic hydroxyl groups is 1. The van der Waals surface area contributed by atoms with Gasteiger partial charge in [0.25, 0.3) is 0 Å². The Kier molecular flexibility index (Phi) is 8.28. The van der Waals surface area contributed by atoms with Gasteiger partial charge in [-0.05, 0) is 43.3 Å². The maximum absolute atomic E-state index is 10.5. The van der Waals surface area contributed by atoms with E-state index in [9.17, 15) is 9.90 Å². The fourth-order valence-corrected chi connectivity index (χ4v) is 5.91. The molecule has 1 saturated carbocycles. The van der Waals surface area contributed by atoms with Crippen LogP contribution in [0.1, 0.15) is 57.8 Å². The predicted molar refractivity (Wildman–Crippen MR) is 110 cm³/mol. The third-order valence-corrected chi connectivity index (χ3v) is 7.36. The molecular weight excluding hydrogens is 360 g/mol. The lowest BCUT2D eigenvalue weighted by Gasteiger charge is -2.26. The predicted octanol–water partition coefficient (Wildman–Crippen LogP) is 4.43. The van der Waals surface area contributed by atoms with Crippen LogP contribution in [0.2, 0.25) is 0 Å². The maximum atomic E-state index is 10.5. The summed E-state index contributed by atoms with van der Waals surface area (Å²) in [5.41, 5.74) is 0. The first kappa shape index (κ1) is 20.9. The van der Waals surface area contributed by atoms with E-state index in [1.165, 1.54) is 38.2 Å². The van der Waals surface area contributed by atoms with E-state index in [1.807, 2.05) is 6.08 Å². The summed E-state index contributed by atoms with van der Waals surface area (Å²) in [7, 11) is 0. The Hall–Kier alpha value is -0.780. The van der Waals surface area contributed by atoms with Crippen LogP contribution in [0.25, 0.3) is 0 Å². The number of aliphatic carboxylic acids is 1. The molecule has 5 atom stereocenters. The number of thioether (sulfide) groups is 1. The molecule has 0 aromatic heterocycles. The zero-order chi connectivity index (χ0) is 19.1. The highest BCUT2D eigenvalue weighted by atomic mass is 32.2. The van der Waals surface area contributed by atoms with Gasteiger partial charge in [-0.2, -0.15) is 11.8 Å². The van der Waals surface area contributed by atoms with Crippen LogP contribution in [-0.4, -0.2) is 46.0 Å². The van der Waals surface area contributed by atoms with Gasteiger partial charge in [0.2, 0.25) is 0 Å². The van der Waals surface area contributed by atoms with Crippen molar-refractivity contribution in [1.82, 2.24) is 0 Å². The minimum Gasteiger partial charge on any atom is -0.478 e. The molecule has 2 bridgehead atoms. The zero-order valence-electron chi connectivity index (χ0n) is 16.2. The van der Waals surface area contributed by atoms with Crippen molar-refractivity contribution in [2.24, 2.45) is 17.8 Å². The summed E-state index contributed by atoms with van der Waals surface area (Å²) in [4.78, 5) is 10.5. The molecule has 0 amide bonds. The molecule has 0 aromatic carbocycles. The molecule has 0 spiro atoms. The average Bonchev–Trinajstić information content (AvgIpc) is 3.25. The van der Waals surface area contributed by atoms with E-state index in [0.29, 0.717) is 30.0 Å². The van der Waals surface area contributed by atoms with Crippen LogP contribution >= 0.6 is 11.8 Å². The topological polar surface area (TPSA) is 66.8 Å². The molecule has 3 rings (SSSR count). The van der Waals surface area contributed by atoms with Crippen LogP contribution in [0.3, 0.4) is 0 Å². The van der Waals surface area contributed by atoms with Crippen LogP contribution in [0, 0.1) is 17.8 Å². The van der Waals surface area contributed by atoms with Gasteiger partial charge < -0.3 is 14.9 Å². The lowest BCUT2D eigenvalue weighted by atomic mass is 9.77. The first-order valence-electron chi connectivity index (χ1n) is 10.6. The van der Waals surface area contributed by atoms with Crippen LogP contribution in [0.15, 0.2) is 24.3 Å². The molecule has 5 heteroatoms. The SMILES string of the molecule is O=C(O)C=CCSCC[C@H]1[C@@H](/C=C/C(O)CC2CCCCC2)[C@H]2CC[C@@H]1O2. The first-order valence-corrected chi connectivity index (χ1v) is 11.8. The number of carbonyl (C=O) groups is 1. The Morgan fingerprint density at radius 2 is 1.93 bits per heavy atom. The normalized spacial score (nSPS) is 32.6. The first-order chi connectivity index (χ1) is 13.1. The number of fused-ring (bicyclic) bond motifs is 2. The Morgan fingerprint density at radius 1 is 1.15 bits per heavy atom. The van der Waals surface area contributed by atoms with Crippen molar-refractivity contribution in [1.29, 1.82) is 0 Å². The molecule has 2 saturated heterocycles. The number of hydrogen-bond donors (Lipinski definition) is 2. The summed E-state index contributed by atoms with van der Waals surface area (Å²) < 4.78 is 6.16. The Balaban J connectivity index is 1.43. The van der Waals surface area contributed by atoms with Gasteiger partial charge in [0, 0.05) is 17.7 Å². The van der Waals surface area contributed by atoms with Gasteiger partial charge in [-0.25, -0.2) is 4.79 Å². The van der Waals surface area contributed by atoms with E-state index in [1.54, 1.807) is 17.8 Å². The molecule has 3 aliphatic rings. The number of carboxylic acid groups (broad SMARTS) is 1. The zero-order valence-corrected chi connectivity index (χ0v) is 17.0. The third-order valence-electron chi connectivity index (χ3n) is 6.41. The summed E-state index contributed by atoms with van der Waals surface area (Å²) in [5.74, 6) is 2.55. The summed E-state index contributed by atoms with van der Waals surface area (Å²) in [6.45, 7) is 0. The highest BCUT2D eigenvalue weighted by Gasteiger charge is 2.47. The van der Waals surface area contributed by atoms with Gasteiger partial charge >= 0.3 is 5.97 Å². The second-order valence-electron chi connectivity index (χ2n) is 8.33. The third kappa shape index (κ3) is 6.37. The van der Waals surface area contributed by atoms with Crippen molar-refractivity contribution >= 4 is 17.7 Å². The smallest absolute Gasteiger partial charge is 0.328 e. The van der Waals surface area contributed by atoms with Crippen LogP contribution in [-0.2, 0) is 9.53 Å². The van der Waals surface area contributed by atoms with Crippen LogP contribution in [0.4, 0.5) is 0 Å². The Bertz CT molecular complexity index is 526. The average molecular weight is 395 g/mol. The highest BCUT2D eigenvalue weighted by Crippen LogP contribution is 2.46. The summed E-state index contributed by atoms with van der Waals surface area (Å²) in [6.07, 6.45) is 18.5. The van der Waals surface area contributed by atoms with Gasteiger partial charge in [-0.15, -0.1) is 0 Å². The van der Waals surface area contributed by atoms with Crippen LogP contribution < -0.4 is 0 Å². The summed E-state index contributed by atoms with van der Waals surface area (Å²) >= 11 is 1.78. The molecular formula is C22H34O4S. The van der Waals surface area contributed by atoms with Crippen molar-refractivity contribution in [3.63, 3.8) is 0 Å². The minimum absolute atomic E-state index is 0.316. The van der Waals surface area contributed by atoms with Gasteiger partial charge in [-0.3, -0.25) is 0 Å². The second-order valence-corrected chi connectivity index (χ2v) is 9.48. The number of aliphatic hydroxyl groups excluding tert-OH is 1. The standard InChI is InChI=1S/C22H34O4S/c23-17(15-16-5-2-1-3-6-16)8-9-18-19(21-11-10-20(18)26-21)12-14-27-13-4-7-22(24)25/h4,7-9,16-21,23H,1-3,5-6,10-15H2,(H,24,25)/b7-4?,9-8+/t17?,18-,19+,20-,21+/m1/s1. The lowest BCUT2D eigenvalue weighted by Crippen LogP contribution is -2.26. The van der Waals surface area contributed by atoms with E-state index in [-0.39, 0.29) is 6.10 Å². The summed E-state index contributed by atoms with van der Waals surface area (Å²) in [6, 6.07) is 0. The van der Waals surface area contributed by atoms with Crippen LogP contribution in [0.5, 0.6) is 0 Å². The van der Waals surface area contributed by atoms with Crippen molar-refractivity contribution in [2.45, 2.75) is 76.1 Å². The highest BCUT2D eigenvalue weighted by molar-refractivity contribution is 7.99. The van der Waals surface area contributed by atoms with Crippen molar-refractivity contribution in [3.8, 4) is 0 Å². The number of rotatable bonds is 10. The molecule has 2 N–H and O–H groups in total. The van der Waals surface area contributed by atoms with E-state index in [0.717, 1.165) is 37.2 Å². The molecule has 152 valence electrons. The number of ether oxygens (including phenoxy) is 1. The monoisotopic (exact) mass is 394 g/mol. The Morgan fingerprint density at radius 3 is 2.70 bits per heavy atom. The van der Waals surface area contributed by atoms with Crippen molar-refractivity contribution < 1.29 is 19.7 Å². The largest absolute Gasteiger partial charge is 0.478 e. The van der Waals surface area contributed by atoms with Gasteiger partial charge in [0.15, 0.2) is 0 Å². The molecule has 0 radical (unpaired) electrons. The van der Waals surface area contributed by atoms with Gasteiger partial charge in [0.1, 0.15) is 0 Å². The molecule has 27 heavy (non-hydrogen) atoms. The lowest BCUT2D eigenvalue weighted by molar-refractivity contribution is -0.131. The molecule has 0 aromatic rings. The molecule has 1 aliphatic carbocycles. The summed E-state index contributed by atoms with van der Waals surface area (Å²) in [5, 5.41) is 19.1. The van der Waals surface area contributed by atoms with E-state index >= 15 is 0 Å². The minimum atomic E-state index is -0.880. The van der Waals surface area contributed by atoms with E-state index in [2.05, 4.69) is 6.08 Å². The molecule has 3 fully saturated rings. The maximum Gasteiger partial charge on any atom is 0.328 e. The fraction of sp³-hybridized carbons (Fsp3) is 0.773. The molecule has 4 nitrogen and oxygen atoms in total. The van der Waals surface area contributed by atoms with Gasteiger partial charge in [0.05, 0.1) is 18.3 Å². The second kappa shape index (κ2) is 10.7. The fourth-order valence-electron chi connectivity index (χ4n) is 5.08. The van der Waals surface area contributed by atoms with Crippen molar-refractivity contribution in [3.05, 3.63) is 24.3 Å². The number of carboxylic acids is 1. The van der Waals surface area contributed by atoms with E-state index in [4.69, 9.17) is 9.84 Å². The van der Waals surface area contributed by atoms with Crippen molar-refractivity contribution in [2.75, 3.05) is 11.5 Å². The van der Waals surface area contributed by atoms with Gasteiger partial charge in [-0.1, -0.05) is 50.3 Å². The molecule has 2 heterocycles. The number of hydrogen-bond acceptors (Lipinski definition) is 4.